The van der Waals surface area contributed by atoms with Crippen molar-refractivity contribution in [3.05, 3.63) is 76.5 Å². The van der Waals surface area contributed by atoms with E-state index in [0.29, 0.717) is 17.2 Å². The van der Waals surface area contributed by atoms with Gasteiger partial charge in [-0.15, -0.1) is 5.10 Å². The average molecular weight is 464 g/mol. The van der Waals surface area contributed by atoms with Crippen LogP contribution in [0.2, 0.25) is 0 Å². The van der Waals surface area contributed by atoms with Crippen molar-refractivity contribution in [3.8, 4) is 5.69 Å². The summed E-state index contributed by atoms with van der Waals surface area (Å²) in [6.45, 7) is 0. The molecule has 0 bridgehead atoms. The molecule has 30 heavy (non-hydrogen) atoms. The van der Waals surface area contributed by atoms with Gasteiger partial charge in [-0.1, -0.05) is 28.1 Å². The minimum absolute atomic E-state index is 0.0802. The Kier molecular flexibility index (Phi) is 5.28. The van der Waals surface area contributed by atoms with Crippen molar-refractivity contribution in [3.63, 3.8) is 0 Å². The van der Waals surface area contributed by atoms with E-state index in [1.165, 1.54) is 4.68 Å². The molecule has 1 heterocycles. The first-order valence-electron chi connectivity index (χ1n) is 9.08. The molecule has 0 aliphatic heterocycles. The number of halogens is 1. The van der Waals surface area contributed by atoms with E-state index in [1.807, 2.05) is 50.5 Å². The van der Waals surface area contributed by atoms with Crippen molar-refractivity contribution in [2.75, 3.05) is 19.4 Å². The Bertz CT molecular complexity index is 1250. The average Bonchev–Trinajstić information content (AvgIpc) is 3.23. The summed E-state index contributed by atoms with van der Waals surface area (Å²) < 4.78 is 2.41. The Labute approximate surface area is 181 Å². The molecule has 0 aliphatic rings. The number of tetrazole rings is 1. The molecule has 0 unspecified atom stereocenters. The lowest BCUT2D eigenvalue weighted by Crippen LogP contribution is -2.22. The van der Waals surface area contributed by atoms with Crippen molar-refractivity contribution in [1.29, 1.82) is 5.41 Å². The van der Waals surface area contributed by atoms with Gasteiger partial charge in [0.15, 0.2) is 0 Å². The number of hydrogen-bond donors (Lipinski definition) is 2. The molecule has 9 heteroatoms. The van der Waals surface area contributed by atoms with E-state index >= 15 is 0 Å². The Morgan fingerprint density at radius 3 is 2.47 bits per heavy atom. The zero-order chi connectivity index (χ0) is 21.3. The van der Waals surface area contributed by atoms with E-state index in [0.717, 1.165) is 20.8 Å². The van der Waals surface area contributed by atoms with Gasteiger partial charge in [0.05, 0.1) is 5.69 Å². The topological polar surface area (TPSA) is 99.8 Å². The summed E-state index contributed by atoms with van der Waals surface area (Å²) in [6, 6.07) is 18.8. The third kappa shape index (κ3) is 3.92. The van der Waals surface area contributed by atoms with Crippen LogP contribution in [0.5, 0.6) is 0 Å². The summed E-state index contributed by atoms with van der Waals surface area (Å²) in [5.41, 5.74) is 2.04. The van der Waals surface area contributed by atoms with Crippen LogP contribution in [0.25, 0.3) is 16.5 Å². The highest BCUT2D eigenvalue weighted by Crippen LogP contribution is 2.23. The molecule has 0 atom stereocenters. The Morgan fingerprint density at radius 1 is 1.03 bits per heavy atom. The van der Waals surface area contributed by atoms with Crippen molar-refractivity contribution >= 4 is 44.1 Å². The maximum Gasteiger partial charge on any atom is 0.295 e. The maximum absolute atomic E-state index is 12.8. The third-order valence-corrected chi connectivity index (χ3v) is 5.06. The fraction of sp³-hybridized carbons (Fsp3) is 0.0952. The first kappa shape index (κ1) is 19.7. The van der Waals surface area contributed by atoms with Crippen LogP contribution >= 0.6 is 15.9 Å². The highest BCUT2D eigenvalue weighted by Gasteiger charge is 2.17. The number of benzene rings is 3. The molecule has 2 N–H and O–H groups in total. The molecule has 4 rings (SSSR count). The van der Waals surface area contributed by atoms with Gasteiger partial charge in [-0.05, 0) is 69.7 Å². The molecule has 0 spiro atoms. The van der Waals surface area contributed by atoms with Gasteiger partial charge >= 0.3 is 0 Å². The summed E-state index contributed by atoms with van der Waals surface area (Å²) in [6.07, 6.45) is 0. The molecular weight excluding hydrogens is 446 g/mol. The fourth-order valence-electron chi connectivity index (χ4n) is 2.99. The number of nitrogens with zero attached hydrogens (tertiary/aromatic N) is 5. The Hall–Kier alpha value is -3.59. The van der Waals surface area contributed by atoms with E-state index in [2.05, 4.69) is 36.8 Å². The van der Waals surface area contributed by atoms with Crippen LogP contribution in [-0.4, -0.2) is 50.9 Å². The molecule has 0 aliphatic carbocycles. The van der Waals surface area contributed by atoms with Crippen LogP contribution in [0.3, 0.4) is 0 Å². The SMILES string of the molecule is CN(C)C(=N)c1ccc(NC(=O)c2nnnn2-c2ccc3cc(Br)ccc3c2)cc1. The van der Waals surface area contributed by atoms with Crippen molar-refractivity contribution in [2.45, 2.75) is 0 Å². The van der Waals surface area contributed by atoms with E-state index in [1.54, 1.807) is 29.2 Å². The molecule has 4 aromatic rings. The molecule has 8 nitrogen and oxygen atoms in total. The largest absolute Gasteiger partial charge is 0.363 e. The molecular formula is C21H18BrN7O. The quantitative estimate of drug-likeness (QED) is 0.354. The van der Waals surface area contributed by atoms with E-state index in [9.17, 15) is 4.79 Å². The zero-order valence-corrected chi connectivity index (χ0v) is 17.9. The van der Waals surface area contributed by atoms with Gasteiger partial charge in [0, 0.05) is 29.8 Å². The number of amides is 1. The monoisotopic (exact) mass is 463 g/mol. The van der Waals surface area contributed by atoms with Gasteiger partial charge in [-0.2, -0.15) is 4.68 Å². The van der Waals surface area contributed by atoms with Gasteiger partial charge in [-0.25, -0.2) is 0 Å². The summed E-state index contributed by atoms with van der Waals surface area (Å²) >= 11 is 3.47. The predicted molar refractivity (Wildman–Crippen MR) is 119 cm³/mol. The third-order valence-electron chi connectivity index (χ3n) is 4.57. The molecule has 1 amide bonds. The number of fused-ring (bicyclic) bond motifs is 1. The second kappa shape index (κ2) is 8.03. The van der Waals surface area contributed by atoms with Crippen LogP contribution in [0.4, 0.5) is 5.69 Å². The number of anilines is 1. The first-order valence-corrected chi connectivity index (χ1v) is 9.87. The van der Waals surface area contributed by atoms with Crippen LogP contribution in [0, 0.1) is 5.41 Å². The minimum Gasteiger partial charge on any atom is -0.363 e. The number of amidine groups is 1. The summed E-state index contributed by atoms with van der Waals surface area (Å²) in [5.74, 6) is 0.0445. The Morgan fingerprint density at radius 2 is 1.73 bits per heavy atom. The lowest BCUT2D eigenvalue weighted by atomic mass is 10.1. The molecule has 0 fully saturated rings. The normalized spacial score (nSPS) is 10.8. The fourth-order valence-corrected chi connectivity index (χ4v) is 3.37. The smallest absolute Gasteiger partial charge is 0.295 e. The molecule has 0 saturated heterocycles. The van der Waals surface area contributed by atoms with Crippen LogP contribution in [0.15, 0.2) is 65.1 Å². The molecule has 0 radical (unpaired) electrons. The number of rotatable bonds is 4. The maximum atomic E-state index is 12.8. The number of hydrogen-bond acceptors (Lipinski definition) is 5. The molecule has 1 aromatic heterocycles. The lowest BCUT2D eigenvalue weighted by molar-refractivity contribution is 0.101. The van der Waals surface area contributed by atoms with Gasteiger partial charge in [0.25, 0.3) is 5.91 Å². The highest BCUT2D eigenvalue weighted by molar-refractivity contribution is 9.10. The predicted octanol–water partition coefficient (Wildman–Crippen LogP) is 3.72. The molecule has 150 valence electrons. The Balaban J connectivity index is 1.58. The van der Waals surface area contributed by atoms with E-state index < -0.39 is 5.91 Å². The lowest BCUT2D eigenvalue weighted by Gasteiger charge is -2.14. The minimum atomic E-state index is -0.425. The number of aromatic nitrogens is 4. The second-order valence-electron chi connectivity index (χ2n) is 6.86. The molecule has 3 aromatic carbocycles. The van der Waals surface area contributed by atoms with Crippen LogP contribution in [-0.2, 0) is 0 Å². The van der Waals surface area contributed by atoms with Gasteiger partial charge in [0.2, 0.25) is 5.82 Å². The second-order valence-corrected chi connectivity index (χ2v) is 7.78. The van der Waals surface area contributed by atoms with Crippen molar-refractivity contribution in [1.82, 2.24) is 25.1 Å². The van der Waals surface area contributed by atoms with Gasteiger partial charge in [-0.3, -0.25) is 10.2 Å². The van der Waals surface area contributed by atoms with Crippen LogP contribution < -0.4 is 5.32 Å². The molecule has 0 saturated carbocycles. The standard InChI is InChI=1S/C21H18BrN7O/c1-28(2)19(23)13-4-8-17(9-5-13)24-21(30)20-25-26-27-29(20)18-10-6-14-11-16(22)7-3-15(14)12-18/h3-12,23H,1-2H3,(H,24,30). The van der Waals surface area contributed by atoms with E-state index in [-0.39, 0.29) is 5.82 Å². The highest BCUT2D eigenvalue weighted by atomic mass is 79.9. The number of carbonyl (C=O) groups is 1. The van der Waals surface area contributed by atoms with Crippen molar-refractivity contribution < 1.29 is 4.79 Å². The number of carbonyl (C=O) groups excluding carboxylic acids is 1. The van der Waals surface area contributed by atoms with Crippen LogP contribution in [0.1, 0.15) is 16.2 Å². The van der Waals surface area contributed by atoms with E-state index in [4.69, 9.17) is 5.41 Å². The van der Waals surface area contributed by atoms with Gasteiger partial charge in [0.1, 0.15) is 5.84 Å². The zero-order valence-electron chi connectivity index (χ0n) is 16.3. The van der Waals surface area contributed by atoms with Crippen molar-refractivity contribution in [2.24, 2.45) is 0 Å². The first-order chi connectivity index (χ1) is 14.4. The van der Waals surface area contributed by atoms with Gasteiger partial charge < -0.3 is 10.2 Å². The summed E-state index contributed by atoms with van der Waals surface area (Å²) in [5, 5.41) is 24.4. The summed E-state index contributed by atoms with van der Waals surface area (Å²) in [4.78, 5) is 14.5. The number of nitrogens with one attached hydrogen (secondary N) is 2. The summed E-state index contributed by atoms with van der Waals surface area (Å²) in [7, 11) is 3.62.